The minimum absolute atomic E-state index is 0.0521. The number of piperidine rings is 1. The summed E-state index contributed by atoms with van der Waals surface area (Å²) in [7, 11) is -3.39. The molecule has 1 fully saturated rings. The first-order valence-corrected chi connectivity index (χ1v) is 11.6. The highest BCUT2D eigenvalue weighted by Crippen LogP contribution is 2.21. The van der Waals surface area contributed by atoms with E-state index >= 15 is 0 Å². The lowest BCUT2D eigenvalue weighted by molar-refractivity contribution is -0.121. The van der Waals surface area contributed by atoms with E-state index in [2.05, 4.69) is 19.2 Å². The van der Waals surface area contributed by atoms with Gasteiger partial charge in [-0.1, -0.05) is 32.4 Å². The topological polar surface area (TPSA) is 66.5 Å². The fourth-order valence-corrected chi connectivity index (χ4v) is 4.86. The zero-order valence-corrected chi connectivity index (χ0v) is 17.7. The zero-order valence-electron chi connectivity index (χ0n) is 16.9. The average Bonchev–Trinajstić information content (AvgIpc) is 2.66. The lowest BCUT2D eigenvalue weighted by atomic mass is 10.0. The molecule has 1 aromatic carbocycles. The maximum Gasteiger partial charge on any atom is 0.243 e. The van der Waals surface area contributed by atoms with E-state index in [1.807, 2.05) is 19.1 Å². The Balaban J connectivity index is 1.84. The molecule has 1 N–H and O–H groups in total. The number of nitrogens with zero attached hydrogens (tertiary/aromatic N) is 1. The van der Waals surface area contributed by atoms with Crippen LogP contribution in [0.3, 0.4) is 0 Å². The Labute approximate surface area is 164 Å². The predicted octanol–water partition coefficient (Wildman–Crippen LogP) is 3.73. The summed E-state index contributed by atoms with van der Waals surface area (Å²) < 4.78 is 26.9. The smallest absolute Gasteiger partial charge is 0.243 e. The molecule has 0 radical (unpaired) electrons. The van der Waals surface area contributed by atoms with Crippen LogP contribution in [-0.2, 0) is 21.2 Å². The summed E-state index contributed by atoms with van der Waals surface area (Å²) in [6.45, 7) is 7.63. The third-order valence-corrected chi connectivity index (χ3v) is 7.01. The van der Waals surface area contributed by atoms with Gasteiger partial charge in [-0.25, -0.2) is 8.42 Å². The maximum atomic E-state index is 12.7. The molecule has 5 nitrogen and oxygen atoms in total. The van der Waals surface area contributed by atoms with Gasteiger partial charge in [-0.2, -0.15) is 4.31 Å². The van der Waals surface area contributed by atoms with Gasteiger partial charge in [0.2, 0.25) is 15.9 Å². The Kier molecular flexibility index (Phi) is 8.29. The van der Waals surface area contributed by atoms with Crippen molar-refractivity contribution in [2.45, 2.75) is 76.7 Å². The summed E-state index contributed by atoms with van der Waals surface area (Å²) in [5.41, 5.74) is 0.984. The highest BCUT2D eigenvalue weighted by Gasteiger charge is 2.25. The van der Waals surface area contributed by atoms with Gasteiger partial charge in [0.15, 0.2) is 0 Å². The van der Waals surface area contributed by atoms with E-state index in [-0.39, 0.29) is 11.9 Å². The molecule has 1 aromatic rings. The summed E-state index contributed by atoms with van der Waals surface area (Å²) in [5.74, 6) is 0.695. The lowest BCUT2D eigenvalue weighted by Crippen LogP contribution is -2.35. The van der Waals surface area contributed by atoms with Crippen molar-refractivity contribution < 1.29 is 13.2 Å². The standard InChI is InChI=1S/C21H34N2O3S/c1-17(2)7-8-18(3)22-21(24)14-11-19-9-12-20(13-10-19)27(25,26)23-15-5-4-6-16-23/h9-10,12-13,17-18H,4-8,11,14-16H2,1-3H3,(H,22,24)/t18-/m1/s1. The van der Waals surface area contributed by atoms with Crippen molar-refractivity contribution in [3.05, 3.63) is 29.8 Å². The summed E-state index contributed by atoms with van der Waals surface area (Å²) in [4.78, 5) is 12.4. The molecule has 1 aliphatic rings. The van der Waals surface area contributed by atoms with Crippen LogP contribution in [0.5, 0.6) is 0 Å². The molecule has 27 heavy (non-hydrogen) atoms. The van der Waals surface area contributed by atoms with Gasteiger partial charge in [0.05, 0.1) is 4.90 Å². The predicted molar refractivity (Wildman–Crippen MR) is 109 cm³/mol. The van der Waals surface area contributed by atoms with Crippen molar-refractivity contribution in [3.8, 4) is 0 Å². The number of hydrogen-bond acceptors (Lipinski definition) is 3. The fourth-order valence-electron chi connectivity index (χ4n) is 3.34. The Morgan fingerprint density at radius 1 is 1.04 bits per heavy atom. The molecule has 1 aliphatic heterocycles. The molecule has 1 amide bonds. The van der Waals surface area contributed by atoms with Gasteiger partial charge >= 0.3 is 0 Å². The second kappa shape index (κ2) is 10.2. The van der Waals surface area contributed by atoms with E-state index in [0.717, 1.165) is 37.7 Å². The minimum Gasteiger partial charge on any atom is -0.354 e. The van der Waals surface area contributed by atoms with Gasteiger partial charge in [-0.05, 0) is 62.6 Å². The number of aryl methyl sites for hydroxylation is 1. The summed E-state index contributed by atoms with van der Waals surface area (Å²) in [6.07, 6.45) is 6.10. The van der Waals surface area contributed by atoms with E-state index in [4.69, 9.17) is 0 Å². The van der Waals surface area contributed by atoms with E-state index in [0.29, 0.717) is 36.7 Å². The van der Waals surface area contributed by atoms with Gasteiger partial charge in [0.1, 0.15) is 0 Å². The monoisotopic (exact) mass is 394 g/mol. The molecular weight excluding hydrogens is 360 g/mol. The second-order valence-corrected chi connectivity index (χ2v) is 9.99. The lowest BCUT2D eigenvalue weighted by Gasteiger charge is -2.25. The minimum atomic E-state index is -3.39. The molecule has 0 aliphatic carbocycles. The Morgan fingerprint density at radius 2 is 1.67 bits per heavy atom. The normalized spacial score (nSPS) is 17.0. The van der Waals surface area contributed by atoms with Crippen LogP contribution in [-0.4, -0.2) is 37.8 Å². The van der Waals surface area contributed by atoms with Crippen molar-refractivity contribution in [1.29, 1.82) is 0 Å². The molecule has 152 valence electrons. The third-order valence-electron chi connectivity index (χ3n) is 5.10. The van der Waals surface area contributed by atoms with Crippen LogP contribution in [0.25, 0.3) is 0 Å². The molecule has 2 rings (SSSR count). The number of sulfonamides is 1. The van der Waals surface area contributed by atoms with Gasteiger partial charge in [-0.15, -0.1) is 0 Å². The van der Waals surface area contributed by atoms with Crippen molar-refractivity contribution in [2.24, 2.45) is 5.92 Å². The summed E-state index contributed by atoms with van der Waals surface area (Å²) in [5, 5.41) is 3.04. The van der Waals surface area contributed by atoms with Crippen molar-refractivity contribution in [2.75, 3.05) is 13.1 Å². The molecular formula is C21H34N2O3S. The number of hydrogen-bond donors (Lipinski definition) is 1. The van der Waals surface area contributed by atoms with E-state index in [1.165, 1.54) is 0 Å². The van der Waals surface area contributed by atoms with Crippen LogP contribution >= 0.6 is 0 Å². The highest BCUT2D eigenvalue weighted by molar-refractivity contribution is 7.89. The van der Waals surface area contributed by atoms with E-state index in [9.17, 15) is 13.2 Å². The third kappa shape index (κ3) is 6.92. The first-order chi connectivity index (χ1) is 12.8. The molecule has 1 atom stereocenters. The zero-order chi connectivity index (χ0) is 19.9. The summed E-state index contributed by atoms with van der Waals surface area (Å²) >= 11 is 0. The largest absolute Gasteiger partial charge is 0.354 e. The molecule has 0 saturated carbocycles. The number of carbonyl (C=O) groups is 1. The van der Waals surface area contributed by atoms with E-state index < -0.39 is 10.0 Å². The quantitative estimate of drug-likeness (QED) is 0.694. The van der Waals surface area contributed by atoms with Gasteiger partial charge in [-0.3, -0.25) is 4.79 Å². The number of rotatable bonds is 9. The van der Waals surface area contributed by atoms with Crippen molar-refractivity contribution in [3.63, 3.8) is 0 Å². The Hall–Kier alpha value is -1.40. The van der Waals surface area contributed by atoms with Crippen LogP contribution in [0.4, 0.5) is 0 Å². The van der Waals surface area contributed by atoms with Crippen LogP contribution in [0.2, 0.25) is 0 Å². The molecule has 0 unspecified atom stereocenters. The summed E-state index contributed by atoms with van der Waals surface area (Å²) in [6, 6.07) is 7.18. The first kappa shape index (κ1) is 21.9. The van der Waals surface area contributed by atoms with Gasteiger partial charge < -0.3 is 5.32 Å². The van der Waals surface area contributed by atoms with E-state index in [1.54, 1.807) is 16.4 Å². The molecule has 0 bridgehead atoms. The van der Waals surface area contributed by atoms with Crippen LogP contribution in [0.15, 0.2) is 29.2 Å². The van der Waals surface area contributed by atoms with Crippen molar-refractivity contribution in [1.82, 2.24) is 9.62 Å². The highest BCUT2D eigenvalue weighted by atomic mass is 32.2. The molecule has 0 spiro atoms. The molecule has 1 heterocycles. The fraction of sp³-hybridized carbons (Fsp3) is 0.667. The van der Waals surface area contributed by atoms with Crippen molar-refractivity contribution >= 4 is 15.9 Å². The Bertz CT molecular complexity index is 693. The SMILES string of the molecule is CC(C)CC[C@@H](C)NC(=O)CCc1ccc(S(=O)(=O)N2CCCCC2)cc1. The number of nitrogens with one attached hydrogen (secondary N) is 1. The number of carbonyl (C=O) groups excluding carboxylic acids is 1. The van der Waals surface area contributed by atoms with Crippen LogP contribution < -0.4 is 5.32 Å². The van der Waals surface area contributed by atoms with Gasteiger partial charge in [0.25, 0.3) is 0 Å². The van der Waals surface area contributed by atoms with Crippen LogP contribution in [0.1, 0.15) is 64.9 Å². The average molecular weight is 395 g/mol. The van der Waals surface area contributed by atoms with Crippen LogP contribution in [0, 0.1) is 5.92 Å². The first-order valence-electron chi connectivity index (χ1n) is 10.2. The number of amides is 1. The second-order valence-electron chi connectivity index (χ2n) is 8.05. The van der Waals surface area contributed by atoms with Gasteiger partial charge in [0, 0.05) is 25.6 Å². The molecule has 0 aromatic heterocycles. The maximum absolute atomic E-state index is 12.7. The molecule has 1 saturated heterocycles. The molecule has 6 heteroatoms. The Morgan fingerprint density at radius 3 is 2.26 bits per heavy atom. The number of benzene rings is 1.